The summed E-state index contributed by atoms with van der Waals surface area (Å²) in [5.41, 5.74) is 7.72. The molecule has 7 heteroatoms. The highest BCUT2D eigenvalue weighted by atomic mass is 16.2. The summed E-state index contributed by atoms with van der Waals surface area (Å²) in [6.07, 6.45) is 8.04. The Kier molecular flexibility index (Phi) is 6.16. The zero-order valence-corrected chi connectivity index (χ0v) is 15.6. The van der Waals surface area contributed by atoms with Crippen LogP contribution in [0, 0.1) is 5.41 Å². The Bertz CT molecular complexity index is 893. The number of carbonyl (C=O) groups is 1. The lowest BCUT2D eigenvalue weighted by atomic mass is 10.0. The van der Waals surface area contributed by atoms with Gasteiger partial charge in [-0.25, -0.2) is 9.97 Å². The molecule has 4 N–H and O–H groups in total. The van der Waals surface area contributed by atoms with Crippen LogP contribution in [0.25, 0.3) is 6.08 Å². The first-order valence-electron chi connectivity index (χ1n) is 9.19. The number of hydrogen-bond donors (Lipinski definition) is 3. The zero-order valence-electron chi connectivity index (χ0n) is 15.6. The third kappa shape index (κ3) is 4.62. The number of nitrogen functional groups attached to an aromatic ring is 1. The molecule has 1 saturated heterocycles. The summed E-state index contributed by atoms with van der Waals surface area (Å²) in [6, 6.07) is 9.77. The lowest BCUT2D eigenvalue weighted by molar-refractivity contribution is -0.127. The van der Waals surface area contributed by atoms with E-state index in [9.17, 15) is 4.79 Å². The minimum atomic E-state index is -0.0764. The maximum absolute atomic E-state index is 11.9. The fourth-order valence-corrected chi connectivity index (χ4v) is 3.22. The Hall–Kier alpha value is -3.48. The van der Waals surface area contributed by atoms with E-state index in [2.05, 4.69) is 21.9 Å². The number of nitrogens with zero attached hydrogens (tertiary/aromatic N) is 3. The summed E-state index contributed by atoms with van der Waals surface area (Å²) >= 11 is 0. The van der Waals surface area contributed by atoms with E-state index >= 15 is 0 Å². The number of anilines is 2. The van der Waals surface area contributed by atoms with Crippen LogP contribution < -0.4 is 11.1 Å². The van der Waals surface area contributed by atoms with Gasteiger partial charge in [0.15, 0.2) is 0 Å². The summed E-state index contributed by atoms with van der Waals surface area (Å²) < 4.78 is 0. The average Bonchev–Trinajstić information content (AvgIpc) is 2.72. The second-order valence-corrected chi connectivity index (χ2v) is 6.61. The van der Waals surface area contributed by atoms with Gasteiger partial charge in [-0.2, -0.15) is 0 Å². The van der Waals surface area contributed by atoms with Crippen LogP contribution in [-0.4, -0.2) is 45.6 Å². The van der Waals surface area contributed by atoms with E-state index in [-0.39, 0.29) is 23.5 Å². The number of amides is 1. The predicted octanol–water partition coefficient (Wildman–Crippen LogP) is 2.73. The Morgan fingerprint density at radius 1 is 1.32 bits per heavy atom. The Morgan fingerprint density at radius 3 is 2.86 bits per heavy atom. The summed E-state index contributed by atoms with van der Waals surface area (Å²) in [7, 11) is 0. The van der Waals surface area contributed by atoms with Gasteiger partial charge in [0.05, 0.1) is 11.3 Å². The molecule has 0 spiro atoms. The SMILES string of the molecule is C=CC(=O)N1CCCC(Nc2ncnc(N)c2C(=N)/C=C/c2ccccc2)C1. The molecule has 28 heavy (non-hydrogen) atoms. The van der Waals surface area contributed by atoms with Crippen molar-refractivity contribution in [2.45, 2.75) is 18.9 Å². The van der Waals surface area contributed by atoms with Crippen LogP contribution in [0.5, 0.6) is 0 Å². The number of aromatic nitrogens is 2. The molecule has 144 valence electrons. The fourth-order valence-electron chi connectivity index (χ4n) is 3.22. The summed E-state index contributed by atoms with van der Waals surface area (Å²) in [6.45, 7) is 4.83. The van der Waals surface area contributed by atoms with Gasteiger partial charge in [-0.3, -0.25) is 10.2 Å². The molecule has 0 radical (unpaired) electrons. The molecule has 1 atom stereocenters. The molecule has 1 aromatic heterocycles. The van der Waals surface area contributed by atoms with Crippen molar-refractivity contribution < 1.29 is 4.79 Å². The van der Waals surface area contributed by atoms with Crippen LogP contribution in [0.2, 0.25) is 0 Å². The fraction of sp³-hybridized carbons (Fsp3) is 0.238. The quantitative estimate of drug-likeness (QED) is 0.531. The lowest BCUT2D eigenvalue weighted by Crippen LogP contribution is -2.44. The van der Waals surface area contributed by atoms with E-state index in [0.29, 0.717) is 17.9 Å². The van der Waals surface area contributed by atoms with Crippen molar-refractivity contribution in [1.82, 2.24) is 14.9 Å². The Balaban J connectivity index is 1.78. The molecule has 1 aliphatic heterocycles. The highest BCUT2D eigenvalue weighted by molar-refractivity contribution is 6.14. The zero-order chi connectivity index (χ0) is 19.9. The number of piperidine rings is 1. The number of benzene rings is 1. The van der Waals surface area contributed by atoms with Crippen molar-refractivity contribution in [2.24, 2.45) is 0 Å². The van der Waals surface area contributed by atoms with E-state index in [1.54, 1.807) is 11.0 Å². The second kappa shape index (κ2) is 8.94. The molecular weight excluding hydrogens is 352 g/mol. The van der Waals surface area contributed by atoms with Gasteiger partial charge in [-0.05, 0) is 30.6 Å². The largest absolute Gasteiger partial charge is 0.383 e. The van der Waals surface area contributed by atoms with Gasteiger partial charge < -0.3 is 16.0 Å². The smallest absolute Gasteiger partial charge is 0.246 e. The van der Waals surface area contributed by atoms with Gasteiger partial charge in [0.2, 0.25) is 5.91 Å². The van der Waals surface area contributed by atoms with Gasteiger partial charge >= 0.3 is 0 Å². The van der Waals surface area contributed by atoms with Crippen molar-refractivity contribution in [2.75, 3.05) is 24.1 Å². The lowest BCUT2D eigenvalue weighted by Gasteiger charge is -2.33. The monoisotopic (exact) mass is 376 g/mol. The molecular formula is C21H24N6O. The van der Waals surface area contributed by atoms with Crippen molar-refractivity contribution >= 4 is 29.3 Å². The normalized spacial score (nSPS) is 16.7. The summed E-state index contributed by atoms with van der Waals surface area (Å²) in [5, 5.41) is 11.8. The first-order valence-corrected chi connectivity index (χ1v) is 9.19. The molecule has 1 amide bonds. The van der Waals surface area contributed by atoms with E-state index in [4.69, 9.17) is 11.1 Å². The third-order valence-corrected chi connectivity index (χ3v) is 4.64. The number of nitrogens with one attached hydrogen (secondary N) is 2. The van der Waals surface area contributed by atoms with E-state index in [1.807, 2.05) is 36.4 Å². The third-order valence-electron chi connectivity index (χ3n) is 4.64. The minimum absolute atomic E-state index is 0.0246. The number of allylic oxidation sites excluding steroid dienone is 1. The van der Waals surface area contributed by atoms with Crippen LogP contribution in [-0.2, 0) is 4.79 Å². The molecule has 1 aromatic carbocycles. The molecule has 1 fully saturated rings. The number of nitrogens with two attached hydrogens (primary N) is 1. The first kappa shape index (κ1) is 19.3. The average molecular weight is 376 g/mol. The van der Waals surface area contributed by atoms with Gasteiger partial charge in [0, 0.05) is 19.1 Å². The van der Waals surface area contributed by atoms with Crippen LogP contribution >= 0.6 is 0 Å². The van der Waals surface area contributed by atoms with E-state index in [1.165, 1.54) is 12.4 Å². The van der Waals surface area contributed by atoms with Gasteiger partial charge in [-0.15, -0.1) is 0 Å². The summed E-state index contributed by atoms with van der Waals surface area (Å²) in [4.78, 5) is 22.0. The number of carbonyl (C=O) groups excluding carboxylic acids is 1. The van der Waals surface area contributed by atoms with Crippen LogP contribution in [0.15, 0.2) is 55.4 Å². The van der Waals surface area contributed by atoms with Crippen LogP contribution in [0.4, 0.5) is 11.6 Å². The number of hydrogen-bond acceptors (Lipinski definition) is 6. The molecule has 0 bridgehead atoms. The molecule has 0 saturated carbocycles. The molecule has 1 aliphatic rings. The van der Waals surface area contributed by atoms with Gasteiger partial charge in [-0.1, -0.05) is 43.0 Å². The molecule has 2 aromatic rings. The Morgan fingerprint density at radius 2 is 2.11 bits per heavy atom. The van der Waals surface area contributed by atoms with Gasteiger partial charge in [0.1, 0.15) is 18.0 Å². The standard InChI is InChI=1S/C21H24N6O/c1-2-18(28)27-12-6-9-16(13-27)26-21-19(20(23)24-14-25-21)17(22)11-10-15-7-4-3-5-8-15/h2-5,7-8,10-11,14,16,22H,1,6,9,12-13H2,(H3,23,24,25,26)/b11-10+,22-17?. The summed E-state index contributed by atoms with van der Waals surface area (Å²) in [5.74, 6) is 0.677. The van der Waals surface area contributed by atoms with E-state index in [0.717, 1.165) is 24.9 Å². The van der Waals surface area contributed by atoms with Crippen molar-refractivity contribution in [1.29, 1.82) is 5.41 Å². The predicted molar refractivity (Wildman–Crippen MR) is 112 cm³/mol. The van der Waals surface area contributed by atoms with Crippen LogP contribution in [0.1, 0.15) is 24.0 Å². The highest BCUT2D eigenvalue weighted by Crippen LogP contribution is 2.22. The molecule has 1 unspecified atom stereocenters. The maximum atomic E-state index is 11.9. The molecule has 3 rings (SSSR count). The van der Waals surface area contributed by atoms with Crippen molar-refractivity contribution in [3.63, 3.8) is 0 Å². The Labute approximate surface area is 164 Å². The van der Waals surface area contributed by atoms with Crippen molar-refractivity contribution in [3.05, 3.63) is 66.5 Å². The van der Waals surface area contributed by atoms with Crippen molar-refractivity contribution in [3.8, 4) is 0 Å². The molecule has 0 aliphatic carbocycles. The van der Waals surface area contributed by atoms with Crippen LogP contribution in [0.3, 0.4) is 0 Å². The topological polar surface area (TPSA) is 108 Å². The number of rotatable bonds is 6. The molecule has 7 nitrogen and oxygen atoms in total. The van der Waals surface area contributed by atoms with E-state index < -0.39 is 0 Å². The second-order valence-electron chi connectivity index (χ2n) is 6.61. The number of likely N-dealkylation sites (tertiary alicyclic amines) is 1. The highest BCUT2D eigenvalue weighted by Gasteiger charge is 2.24. The minimum Gasteiger partial charge on any atom is -0.383 e. The van der Waals surface area contributed by atoms with Gasteiger partial charge in [0.25, 0.3) is 0 Å². The molecule has 2 heterocycles. The first-order chi connectivity index (χ1) is 13.6. The maximum Gasteiger partial charge on any atom is 0.246 e.